The number of rotatable bonds is 3. The molecule has 0 saturated carbocycles. The fourth-order valence-electron chi connectivity index (χ4n) is 0.778. The SMILES string of the molecule is Cc1ccsc1/C=C/C(=O)C(=O)O. The van der Waals surface area contributed by atoms with Gasteiger partial charge in [-0.15, -0.1) is 11.3 Å². The van der Waals surface area contributed by atoms with Crippen molar-refractivity contribution in [2.45, 2.75) is 6.92 Å². The molecule has 1 aromatic heterocycles. The van der Waals surface area contributed by atoms with Gasteiger partial charge in [-0.1, -0.05) is 0 Å². The van der Waals surface area contributed by atoms with Crippen LogP contribution in [0.25, 0.3) is 6.08 Å². The maximum absolute atomic E-state index is 10.7. The Morgan fingerprint density at radius 3 is 2.69 bits per heavy atom. The number of ketones is 1. The van der Waals surface area contributed by atoms with Crippen LogP contribution in [-0.2, 0) is 9.59 Å². The molecule has 1 N–H and O–H groups in total. The molecule has 1 rings (SSSR count). The van der Waals surface area contributed by atoms with E-state index in [0.29, 0.717) is 0 Å². The van der Waals surface area contributed by atoms with E-state index in [0.717, 1.165) is 16.5 Å². The highest BCUT2D eigenvalue weighted by Crippen LogP contribution is 2.16. The highest BCUT2D eigenvalue weighted by atomic mass is 32.1. The van der Waals surface area contributed by atoms with Crippen LogP contribution in [0.15, 0.2) is 17.5 Å². The summed E-state index contributed by atoms with van der Waals surface area (Å²) in [4.78, 5) is 21.7. The molecular formula is C9H8O3S. The van der Waals surface area contributed by atoms with E-state index in [4.69, 9.17) is 5.11 Å². The molecule has 0 aromatic carbocycles. The number of aryl methyl sites for hydroxylation is 1. The van der Waals surface area contributed by atoms with E-state index in [1.165, 1.54) is 17.4 Å². The van der Waals surface area contributed by atoms with Crippen molar-refractivity contribution in [3.05, 3.63) is 28.0 Å². The molecule has 1 aromatic rings. The fraction of sp³-hybridized carbons (Fsp3) is 0.111. The first kappa shape index (κ1) is 9.67. The number of hydrogen-bond donors (Lipinski definition) is 1. The van der Waals surface area contributed by atoms with Gasteiger partial charge in [-0.3, -0.25) is 4.79 Å². The lowest BCUT2D eigenvalue weighted by Crippen LogP contribution is -2.08. The van der Waals surface area contributed by atoms with Crippen molar-refractivity contribution in [1.29, 1.82) is 0 Å². The van der Waals surface area contributed by atoms with Crippen LogP contribution < -0.4 is 0 Å². The lowest BCUT2D eigenvalue weighted by Gasteiger charge is -1.87. The first-order chi connectivity index (χ1) is 6.11. The molecule has 0 amide bonds. The molecule has 0 aliphatic rings. The molecule has 0 aliphatic heterocycles. The molecule has 0 atom stereocenters. The number of carbonyl (C=O) groups excluding carboxylic acids is 1. The summed E-state index contributed by atoms with van der Waals surface area (Å²) in [6, 6.07) is 1.91. The molecule has 0 aliphatic carbocycles. The summed E-state index contributed by atoms with van der Waals surface area (Å²) < 4.78 is 0. The summed E-state index contributed by atoms with van der Waals surface area (Å²) in [6.45, 7) is 1.90. The summed E-state index contributed by atoms with van der Waals surface area (Å²) >= 11 is 1.47. The van der Waals surface area contributed by atoms with Gasteiger partial charge in [-0.05, 0) is 36.1 Å². The van der Waals surface area contributed by atoms with Crippen molar-refractivity contribution >= 4 is 29.2 Å². The topological polar surface area (TPSA) is 54.4 Å². The van der Waals surface area contributed by atoms with Crippen molar-refractivity contribution in [3.63, 3.8) is 0 Å². The van der Waals surface area contributed by atoms with Gasteiger partial charge in [0.15, 0.2) is 0 Å². The molecule has 0 bridgehead atoms. The summed E-state index contributed by atoms with van der Waals surface area (Å²) in [5.41, 5.74) is 1.04. The van der Waals surface area contributed by atoms with E-state index in [9.17, 15) is 9.59 Å². The lowest BCUT2D eigenvalue weighted by atomic mass is 10.2. The van der Waals surface area contributed by atoms with Gasteiger partial charge in [0.05, 0.1) is 0 Å². The Kier molecular flexibility index (Phi) is 2.97. The molecule has 0 radical (unpaired) electrons. The Morgan fingerprint density at radius 1 is 1.54 bits per heavy atom. The zero-order chi connectivity index (χ0) is 9.84. The number of carboxylic acid groups (broad SMARTS) is 1. The van der Waals surface area contributed by atoms with Crippen LogP contribution in [0.2, 0.25) is 0 Å². The molecular weight excluding hydrogens is 188 g/mol. The number of thiophene rings is 1. The third-order valence-electron chi connectivity index (χ3n) is 1.50. The van der Waals surface area contributed by atoms with Crippen molar-refractivity contribution in [3.8, 4) is 0 Å². The van der Waals surface area contributed by atoms with Gasteiger partial charge in [-0.2, -0.15) is 0 Å². The van der Waals surface area contributed by atoms with E-state index in [-0.39, 0.29) is 0 Å². The molecule has 3 nitrogen and oxygen atoms in total. The largest absolute Gasteiger partial charge is 0.475 e. The monoisotopic (exact) mass is 196 g/mol. The minimum atomic E-state index is -1.43. The van der Waals surface area contributed by atoms with Crippen molar-refractivity contribution < 1.29 is 14.7 Å². The first-order valence-corrected chi connectivity index (χ1v) is 4.48. The number of carboxylic acids is 1. The Bertz CT molecular complexity index is 363. The number of aliphatic carboxylic acids is 1. The second-order valence-electron chi connectivity index (χ2n) is 2.47. The standard InChI is InChI=1S/C9H8O3S/c1-6-4-5-13-8(6)3-2-7(10)9(11)12/h2-5H,1H3,(H,11,12)/b3-2+. The molecule has 1 heterocycles. The highest BCUT2D eigenvalue weighted by molar-refractivity contribution is 7.11. The predicted octanol–water partition coefficient (Wildman–Crippen LogP) is 1.72. The van der Waals surface area contributed by atoms with Gasteiger partial charge in [0, 0.05) is 4.88 Å². The van der Waals surface area contributed by atoms with Crippen molar-refractivity contribution in [2.24, 2.45) is 0 Å². The number of carbonyl (C=O) groups is 2. The smallest absolute Gasteiger partial charge is 0.376 e. The van der Waals surface area contributed by atoms with Gasteiger partial charge in [0.2, 0.25) is 0 Å². The van der Waals surface area contributed by atoms with E-state index in [1.807, 2.05) is 18.4 Å². The fourth-order valence-corrected chi connectivity index (χ4v) is 1.60. The zero-order valence-electron chi connectivity index (χ0n) is 6.98. The van der Waals surface area contributed by atoms with E-state index >= 15 is 0 Å². The summed E-state index contributed by atoms with van der Waals surface area (Å²) in [5.74, 6) is -2.32. The Balaban J connectivity index is 2.75. The zero-order valence-corrected chi connectivity index (χ0v) is 7.80. The van der Waals surface area contributed by atoms with Gasteiger partial charge in [0.1, 0.15) is 0 Å². The maximum Gasteiger partial charge on any atom is 0.376 e. The highest BCUT2D eigenvalue weighted by Gasteiger charge is 2.05. The van der Waals surface area contributed by atoms with Crippen LogP contribution in [0.1, 0.15) is 10.4 Å². The molecule has 0 spiro atoms. The molecule has 13 heavy (non-hydrogen) atoms. The second kappa shape index (κ2) is 4.00. The maximum atomic E-state index is 10.7. The van der Waals surface area contributed by atoms with Gasteiger partial charge < -0.3 is 5.11 Å². The third kappa shape index (κ3) is 2.52. The van der Waals surface area contributed by atoms with Crippen LogP contribution in [0.5, 0.6) is 0 Å². The summed E-state index contributed by atoms with van der Waals surface area (Å²) in [7, 11) is 0. The van der Waals surface area contributed by atoms with Crippen molar-refractivity contribution in [2.75, 3.05) is 0 Å². The first-order valence-electron chi connectivity index (χ1n) is 3.60. The van der Waals surface area contributed by atoms with Crippen LogP contribution in [0, 0.1) is 6.92 Å². The molecule has 4 heteroatoms. The van der Waals surface area contributed by atoms with Gasteiger partial charge in [-0.25, -0.2) is 4.79 Å². The molecule has 68 valence electrons. The average Bonchev–Trinajstić information content (AvgIpc) is 2.47. The summed E-state index contributed by atoms with van der Waals surface area (Å²) in [5, 5.41) is 10.2. The molecule has 0 fully saturated rings. The Morgan fingerprint density at radius 2 is 2.23 bits per heavy atom. The second-order valence-corrected chi connectivity index (χ2v) is 3.42. The van der Waals surface area contributed by atoms with Crippen LogP contribution >= 0.6 is 11.3 Å². The molecule has 0 unspecified atom stereocenters. The van der Waals surface area contributed by atoms with Crippen LogP contribution in [-0.4, -0.2) is 16.9 Å². The normalized spacial score (nSPS) is 10.5. The van der Waals surface area contributed by atoms with E-state index in [2.05, 4.69) is 0 Å². The van der Waals surface area contributed by atoms with Crippen LogP contribution in [0.4, 0.5) is 0 Å². The quantitative estimate of drug-likeness (QED) is 0.591. The Hall–Kier alpha value is -1.42. The van der Waals surface area contributed by atoms with Crippen molar-refractivity contribution in [1.82, 2.24) is 0 Å². The van der Waals surface area contributed by atoms with E-state index < -0.39 is 11.8 Å². The number of hydrogen-bond acceptors (Lipinski definition) is 3. The van der Waals surface area contributed by atoms with Gasteiger partial charge in [0.25, 0.3) is 5.78 Å². The van der Waals surface area contributed by atoms with E-state index in [1.54, 1.807) is 0 Å². The third-order valence-corrected chi connectivity index (χ3v) is 2.48. The molecule has 0 saturated heterocycles. The minimum Gasteiger partial charge on any atom is -0.475 e. The summed E-state index contributed by atoms with van der Waals surface area (Å²) in [6.07, 6.45) is 2.59. The minimum absolute atomic E-state index is 0.896. The Labute approximate surface area is 79.3 Å². The van der Waals surface area contributed by atoms with Gasteiger partial charge >= 0.3 is 5.97 Å². The lowest BCUT2D eigenvalue weighted by molar-refractivity contribution is -0.146. The van der Waals surface area contributed by atoms with Crippen LogP contribution in [0.3, 0.4) is 0 Å². The average molecular weight is 196 g/mol. The predicted molar refractivity (Wildman–Crippen MR) is 50.7 cm³/mol.